The van der Waals surface area contributed by atoms with Gasteiger partial charge in [-0.15, -0.1) is 0 Å². The van der Waals surface area contributed by atoms with Crippen molar-refractivity contribution in [2.24, 2.45) is 0 Å². The van der Waals surface area contributed by atoms with Crippen LogP contribution < -0.4 is 4.74 Å². The van der Waals surface area contributed by atoms with Crippen LogP contribution in [0.1, 0.15) is 5.89 Å². The highest BCUT2D eigenvalue weighted by molar-refractivity contribution is 5.86. The summed E-state index contributed by atoms with van der Waals surface area (Å²) in [5, 5.41) is 12.6. The highest BCUT2D eigenvalue weighted by Crippen LogP contribution is 2.25. The number of hydrogen-bond acceptors (Lipinski definition) is 6. The number of carbonyl (C=O) groups is 1. The molecule has 0 aliphatic heterocycles. The smallest absolute Gasteiger partial charge is 0.331 e. The molecule has 0 amide bonds. The number of halogens is 1. The lowest BCUT2D eigenvalue weighted by molar-refractivity contribution is -0.132. The van der Waals surface area contributed by atoms with Gasteiger partial charge in [-0.3, -0.25) is 0 Å². The van der Waals surface area contributed by atoms with Crippen LogP contribution in [0.15, 0.2) is 59.3 Å². The summed E-state index contributed by atoms with van der Waals surface area (Å²) in [6.07, 6.45) is 1.39. The monoisotopic (exact) mass is 341 g/mol. The Morgan fingerprint density at radius 2 is 2.04 bits per heavy atom. The molecule has 0 bridgehead atoms. The summed E-state index contributed by atoms with van der Waals surface area (Å²) in [4.78, 5) is 18.7. The standard InChI is InChI=1S/C17H12FN3O4/c1-10(17(22)23)9-14-20-15(21-25-14)11-4-6-12(7-5-11)24-16-13(18)3-2-8-19-16/h2-8H,1,9H2,(H,22,23). The number of pyridine rings is 1. The molecule has 7 nitrogen and oxygen atoms in total. The van der Waals surface area contributed by atoms with Gasteiger partial charge in [0, 0.05) is 17.3 Å². The Labute approximate surface area is 141 Å². The van der Waals surface area contributed by atoms with Gasteiger partial charge in [0.15, 0.2) is 5.82 Å². The van der Waals surface area contributed by atoms with E-state index in [9.17, 15) is 9.18 Å². The van der Waals surface area contributed by atoms with E-state index < -0.39 is 11.8 Å². The molecule has 3 aromatic rings. The average molecular weight is 341 g/mol. The van der Waals surface area contributed by atoms with Gasteiger partial charge < -0.3 is 14.4 Å². The molecule has 0 unspecified atom stereocenters. The SMILES string of the molecule is C=C(Cc1nc(-c2ccc(Oc3ncccc3F)cc2)no1)C(=O)O. The maximum atomic E-state index is 13.5. The van der Waals surface area contributed by atoms with Gasteiger partial charge in [-0.1, -0.05) is 11.7 Å². The van der Waals surface area contributed by atoms with Gasteiger partial charge in [0.2, 0.25) is 11.7 Å². The van der Waals surface area contributed by atoms with E-state index in [0.717, 1.165) is 0 Å². The molecule has 2 heterocycles. The summed E-state index contributed by atoms with van der Waals surface area (Å²) in [5.41, 5.74) is 0.584. The van der Waals surface area contributed by atoms with Crippen LogP contribution in [-0.2, 0) is 11.2 Å². The number of rotatable bonds is 6. The van der Waals surface area contributed by atoms with E-state index in [4.69, 9.17) is 14.4 Å². The van der Waals surface area contributed by atoms with Crippen LogP contribution in [0, 0.1) is 5.82 Å². The number of aliphatic carboxylic acids is 1. The van der Waals surface area contributed by atoms with Gasteiger partial charge in [0.05, 0.1) is 6.42 Å². The highest BCUT2D eigenvalue weighted by Gasteiger charge is 2.13. The lowest BCUT2D eigenvalue weighted by Gasteiger charge is -2.05. The molecule has 1 N–H and O–H groups in total. The van der Waals surface area contributed by atoms with E-state index in [0.29, 0.717) is 17.1 Å². The Morgan fingerprint density at radius 3 is 2.72 bits per heavy atom. The third-order valence-electron chi connectivity index (χ3n) is 3.19. The second-order valence-electron chi connectivity index (χ2n) is 5.01. The molecule has 1 aromatic carbocycles. The van der Waals surface area contributed by atoms with Crippen molar-refractivity contribution in [3.05, 3.63) is 66.5 Å². The number of ether oxygens (including phenoxy) is 1. The summed E-state index contributed by atoms with van der Waals surface area (Å²) < 4.78 is 23.9. The number of carboxylic acid groups (broad SMARTS) is 1. The van der Waals surface area contributed by atoms with Crippen molar-refractivity contribution in [3.63, 3.8) is 0 Å². The van der Waals surface area contributed by atoms with E-state index >= 15 is 0 Å². The molecule has 2 aromatic heterocycles. The third-order valence-corrected chi connectivity index (χ3v) is 3.19. The van der Waals surface area contributed by atoms with Gasteiger partial charge in [0.1, 0.15) is 5.75 Å². The molecular weight excluding hydrogens is 329 g/mol. The molecule has 126 valence electrons. The predicted molar refractivity (Wildman–Crippen MR) is 84.5 cm³/mol. The molecule has 0 aliphatic carbocycles. The van der Waals surface area contributed by atoms with Crippen LogP contribution in [0.5, 0.6) is 11.6 Å². The van der Waals surface area contributed by atoms with Crippen molar-refractivity contribution >= 4 is 5.97 Å². The largest absolute Gasteiger partial charge is 0.478 e. The first-order valence-electron chi connectivity index (χ1n) is 7.15. The van der Waals surface area contributed by atoms with Crippen LogP contribution in [-0.4, -0.2) is 26.2 Å². The molecule has 0 aliphatic rings. The lowest BCUT2D eigenvalue weighted by atomic mass is 10.2. The van der Waals surface area contributed by atoms with Crippen LogP contribution in [0.3, 0.4) is 0 Å². The zero-order chi connectivity index (χ0) is 17.8. The first-order valence-corrected chi connectivity index (χ1v) is 7.15. The number of nitrogens with zero attached hydrogens (tertiary/aromatic N) is 3. The molecule has 0 saturated heterocycles. The first-order chi connectivity index (χ1) is 12.0. The van der Waals surface area contributed by atoms with Crippen molar-refractivity contribution in [1.82, 2.24) is 15.1 Å². The topological polar surface area (TPSA) is 98.3 Å². The van der Waals surface area contributed by atoms with E-state index in [-0.39, 0.29) is 23.8 Å². The third kappa shape index (κ3) is 3.86. The first kappa shape index (κ1) is 16.3. The Hall–Kier alpha value is -3.55. The van der Waals surface area contributed by atoms with E-state index in [1.165, 1.54) is 18.3 Å². The minimum atomic E-state index is -1.12. The average Bonchev–Trinajstić information content (AvgIpc) is 3.06. The summed E-state index contributed by atoms with van der Waals surface area (Å²) >= 11 is 0. The molecular formula is C17H12FN3O4. The van der Waals surface area contributed by atoms with Gasteiger partial charge in [-0.05, 0) is 36.4 Å². The van der Waals surface area contributed by atoms with Gasteiger partial charge in [-0.25, -0.2) is 14.2 Å². The summed E-state index contributed by atoms with van der Waals surface area (Å²) in [6.45, 7) is 3.41. The second kappa shape index (κ2) is 6.91. The summed E-state index contributed by atoms with van der Waals surface area (Å²) in [6, 6.07) is 9.26. The fourth-order valence-corrected chi connectivity index (χ4v) is 1.93. The van der Waals surface area contributed by atoms with Crippen LogP contribution in [0.4, 0.5) is 4.39 Å². The Morgan fingerprint density at radius 1 is 1.28 bits per heavy atom. The van der Waals surface area contributed by atoms with Gasteiger partial charge in [-0.2, -0.15) is 4.98 Å². The highest BCUT2D eigenvalue weighted by atomic mass is 19.1. The van der Waals surface area contributed by atoms with Crippen LogP contribution >= 0.6 is 0 Å². The zero-order valence-electron chi connectivity index (χ0n) is 12.8. The molecule has 0 atom stereocenters. The molecule has 0 radical (unpaired) electrons. The summed E-state index contributed by atoms with van der Waals surface area (Å²) in [7, 11) is 0. The van der Waals surface area contributed by atoms with Gasteiger partial charge >= 0.3 is 5.97 Å². The van der Waals surface area contributed by atoms with E-state index in [2.05, 4.69) is 21.7 Å². The number of benzene rings is 1. The van der Waals surface area contributed by atoms with Crippen molar-refractivity contribution in [3.8, 4) is 23.0 Å². The van der Waals surface area contributed by atoms with Gasteiger partial charge in [0.25, 0.3) is 5.88 Å². The van der Waals surface area contributed by atoms with Crippen molar-refractivity contribution < 1.29 is 23.6 Å². The normalized spacial score (nSPS) is 10.4. The number of aromatic nitrogens is 3. The van der Waals surface area contributed by atoms with E-state index in [1.807, 2.05) is 0 Å². The summed E-state index contributed by atoms with van der Waals surface area (Å²) in [5.74, 6) is -0.966. The van der Waals surface area contributed by atoms with E-state index in [1.54, 1.807) is 24.3 Å². The maximum absolute atomic E-state index is 13.5. The molecule has 8 heteroatoms. The number of carboxylic acids is 1. The van der Waals surface area contributed by atoms with Crippen molar-refractivity contribution in [2.75, 3.05) is 0 Å². The molecule has 0 fully saturated rings. The quantitative estimate of drug-likeness (QED) is 0.687. The lowest BCUT2D eigenvalue weighted by Crippen LogP contribution is -2.02. The Balaban J connectivity index is 1.72. The number of hydrogen-bond donors (Lipinski definition) is 1. The molecule has 3 rings (SSSR count). The maximum Gasteiger partial charge on any atom is 0.331 e. The van der Waals surface area contributed by atoms with Crippen molar-refractivity contribution in [2.45, 2.75) is 6.42 Å². The predicted octanol–water partition coefficient (Wildman–Crippen LogP) is 3.25. The fraction of sp³-hybridized carbons (Fsp3) is 0.0588. The Kier molecular flexibility index (Phi) is 4.51. The second-order valence-corrected chi connectivity index (χ2v) is 5.01. The van der Waals surface area contributed by atoms with Crippen molar-refractivity contribution in [1.29, 1.82) is 0 Å². The zero-order valence-corrected chi connectivity index (χ0v) is 12.8. The minimum Gasteiger partial charge on any atom is -0.478 e. The minimum absolute atomic E-state index is 0.0392. The molecule has 0 saturated carbocycles. The fourth-order valence-electron chi connectivity index (χ4n) is 1.93. The Bertz CT molecular complexity index is 922. The molecule has 0 spiro atoms. The van der Waals surface area contributed by atoms with Crippen LogP contribution in [0.2, 0.25) is 0 Å². The molecule has 25 heavy (non-hydrogen) atoms. The van der Waals surface area contributed by atoms with Crippen LogP contribution in [0.25, 0.3) is 11.4 Å².